The first kappa shape index (κ1) is 12.3. The lowest BCUT2D eigenvalue weighted by atomic mass is 10.1. The molecule has 0 unspecified atom stereocenters. The van der Waals surface area contributed by atoms with E-state index in [4.69, 9.17) is 0 Å². The molecule has 1 aliphatic heterocycles. The lowest BCUT2D eigenvalue weighted by molar-refractivity contribution is 0.469. The molecule has 0 aromatic carbocycles. The highest BCUT2D eigenvalue weighted by Gasteiger charge is 2.13. The van der Waals surface area contributed by atoms with E-state index < -0.39 is 0 Å². The first-order chi connectivity index (χ1) is 8.42. The summed E-state index contributed by atoms with van der Waals surface area (Å²) in [6.45, 7) is 3.31. The zero-order valence-electron chi connectivity index (χ0n) is 10.3. The van der Waals surface area contributed by atoms with E-state index in [1.165, 1.54) is 23.4 Å². The molecule has 0 fully saturated rings. The van der Waals surface area contributed by atoms with Crippen molar-refractivity contribution in [3.05, 3.63) is 58.7 Å². The van der Waals surface area contributed by atoms with E-state index >= 15 is 0 Å². The summed E-state index contributed by atoms with van der Waals surface area (Å²) >= 11 is 1.82. The fourth-order valence-electron chi connectivity index (χ4n) is 1.96. The Morgan fingerprint density at radius 1 is 1.12 bits per heavy atom. The molecule has 0 bridgehead atoms. The van der Waals surface area contributed by atoms with Gasteiger partial charge in [-0.2, -0.15) is 0 Å². The standard InChI is InChI=1S/C15H19NS/c1-2-11-16-12-7-3-4-8-13-17-15-10-6-5-9-14(15)16/h3-4,7-10,12-13H,2,5-6,11H2,1H3/b4-3-,12-7+,13-8+. The van der Waals surface area contributed by atoms with Crippen molar-refractivity contribution in [1.82, 2.24) is 4.90 Å². The second-order valence-corrected chi connectivity index (χ2v) is 5.05. The Balaban J connectivity index is 2.28. The second kappa shape index (κ2) is 6.55. The summed E-state index contributed by atoms with van der Waals surface area (Å²) in [7, 11) is 0. The predicted octanol–water partition coefficient (Wildman–Crippen LogP) is 4.59. The van der Waals surface area contributed by atoms with E-state index in [1.807, 2.05) is 11.8 Å². The third kappa shape index (κ3) is 3.40. The van der Waals surface area contributed by atoms with Crippen molar-refractivity contribution >= 4 is 11.8 Å². The topological polar surface area (TPSA) is 3.24 Å². The van der Waals surface area contributed by atoms with Gasteiger partial charge in [0.2, 0.25) is 0 Å². The molecule has 1 nitrogen and oxygen atoms in total. The van der Waals surface area contributed by atoms with E-state index in [1.54, 1.807) is 0 Å². The van der Waals surface area contributed by atoms with Gasteiger partial charge in [0.25, 0.3) is 0 Å². The molecule has 0 spiro atoms. The van der Waals surface area contributed by atoms with Crippen molar-refractivity contribution in [2.24, 2.45) is 0 Å². The second-order valence-electron chi connectivity index (χ2n) is 4.10. The molecule has 0 aromatic heterocycles. The van der Waals surface area contributed by atoms with Gasteiger partial charge in [-0.1, -0.05) is 49.1 Å². The minimum Gasteiger partial charge on any atom is -0.347 e. The summed E-state index contributed by atoms with van der Waals surface area (Å²) in [6, 6.07) is 0. The summed E-state index contributed by atoms with van der Waals surface area (Å²) in [4.78, 5) is 3.75. The van der Waals surface area contributed by atoms with Crippen LogP contribution in [0.5, 0.6) is 0 Å². The molecule has 0 aromatic rings. The highest BCUT2D eigenvalue weighted by Crippen LogP contribution is 2.32. The van der Waals surface area contributed by atoms with Gasteiger partial charge in [0.1, 0.15) is 0 Å². The van der Waals surface area contributed by atoms with Crippen molar-refractivity contribution in [3.63, 3.8) is 0 Å². The average Bonchev–Trinajstić information content (AvgIpc) is 2.37. The van der Waals surface area contributed by atoms with E-state index in [9.17, 15) is 0 Å². The Labute approximate surface area is 108 Å². The Morgan fingerprint density at radius 2 is 1.94 bits per heavy atom. The van der Waals surface area contributed by atoms with Gasteiger partial charge < -0.3 is 4.90 Å². The number of fused-ring (bicyclic) bond motifs is 1. The summed E-state index contributed by atoms with van der Waals surface area (Å²) in [5, 5.41) is 2.16. The summed E-state index contributed by atoms with van der Waals surface area (Å²) < 4.78 is 0. The molecule has 2 aliphatic rings. The molecule has 0 saturated carbocycles. The van der Waals surface area contributed by atoms with E-state index in [-0.39, 0.29) is 0 Å². The molecular weight excluding hydrogens is 226 g/mol. The molecule has 17 heavy (non-hydrogen) atoms. The van der Waals surface area contributed by atoms with Crippen LogP contribution in [0, 0.1) is 0 Å². The molecule has 0 atom stereocenters. The van der Waals surface area contributed by atoms with Gasteiger partial charge in [0, 0.05) is 17.6 Å². The van der Waals surface area contributed by atoms with Gasteiger partial charge in [-0.15, -0.1) is 0 Å². The summed E-state index contributed by atoms with van der Waals surface area (Å²) in [5.41, 5.74) is 1.37. The van der Waals surface area contributed by atoms with Crippen LogP contribution in [0.3, 0.4) is 0 Å². The van der Waals surface area contributed by atoms with Crippen molar-refractivity contribution < 1.29 is 0 Å². The molecule has 1 aliphatic carbocycles. The van der Waals surface area contributed by atoms with Gasteiger partial charge in [-0.25, -0.2) is 0 Å². The first-order valence-electron chi connectivity index (χ1n) is 6.26. The average molecular weight is 245 g/mol. The highest BCUT2D eigenvalue weighted by atomic mass is 32.2. The number of rotatable bonds is 2. The monoisotopic (exact) mass is 245 g/mol. The minimum absolute atomic E-state index is 1.08. The number of hydrogen-bond acceptors (Lipinski definition) is 2. The Kier molecular flexibility index (Phi) is 4.75. The van der Waals surface area contributed by atoms with Crippen molar-refractivity contribution in [1.29, 1.82) is 0 Å². The normalized spacial score (nSPS) is 25.4. The third-order valence-corrected chi connectivity index (χ3v) is 3.66. The van der Waals surface area contributed by atoms with Crippen molar-refractivity contribution in [3.8, 4) is 0 Å². The molecule has 2 rings (SSSR count). The largest absolute Gasteiger partial charge is 0.347 e. The molecule has 90 valence electrons. The molecule has 2 heteroatoms. The summed E-state index contributed by atoms with van der Waals surface area (Å²) in [5.74, 6) is 0. The fourth-order valence-corrected chi connectivity index (χ4v) is 2.81. The van der Waals surface area contributed by atoms with Crippen molar-refractivity contribution in [2.45, 2.75) is 26.2 Å². The molecular formula is C15H19NS. The molecule has 0 radical (unpaired) electrons. The van der Waals surface area contributed by atoms with E-state index in [2.05, 4.69) is 59.9 Å². The van der Waals surface area contributed by atoms with Gasteiger partial charge in [0.15, 0.2) is 0 Å². The van der Waals surface area contributed by atoms with E-state index in [0.29, 0.717) is 0 Å². The molecule has 1 heterocycles. The molecule has 0 N–H and O–H groups in total. The maximum absolute atomic E-state index is 2.36. The quantitative estimate of drug-likeness (QED) is 0.700. The lowest BCUT2D eigenvalue weighted by Crippen LogP contribution is -2.19. The number of nitrogens with zero attached hydrogens (tertiary/aromatic N) is 1. The maximum Gasteiger partial charge on any atom is 0.0504 e. The minimum atomic E-state index is 1.08. The number of allylic oxidation sites excluding steroid dienone is 6. The van der Waals surface area contributed by atoms with Crippen LogP contribution in [-0.2, 0) is 0 Å². The Bertz CT molecular complexity index is 399. The zero-order valence-corrected chi connectivity index (χ0v) is 11.1. The SMILES string of the molecule is CCCN1/C=C/C=C\C=C\SC2=CCCC=C21. The van der Waals surface area contributed by atoms with Gasteiger partial charge in [0.05, 0.1) is 5.70 Å². The Morgan fingerprint density at radius 3 is 2.82 bits per heavy atom. The van der Waals surface area contributed by atoms with Crippen LogP contribution in [0.1, 0.15) is 26.2 Å². The number of thioether (sulfide) groups is 1. The fraction of sp³-hybridized carbons (Fsp3) is 0.333. The van der Waals surface area contributed by atoms with Crippen LogP contribution in [0.2, 0.25) is 0 Å². The van der Waals surface area contributed by atoms with Crippen LogP contribution >= 0.6 is 11.8 Å². The van der Waals surface area contributed by atoms with Gasteiger partial charge >= 0.3 is 0 Å². The smallest absolute Gasteiger partial charge is 0.0504 e. The van der Waals surface area contributed by atoms with Crippen LogP contribution in [0.15, 0.2) is 58.7 Å². The lowest BCUT2D eigenvalue weighted by Gasteiger charge is -2.26. The highest BCUT2D eigenvalue weighted by molar-refractivity contribution is 8.06. The van der Waals surface area contributed by atoms with Crippen LogP contribution in [-0.4, -0.2) is 11.4 Å². The zero-order chi connectivity index (χ0) is 11.9. The molecule has 0 saturated heterocycles. The predicted molar refractivity (Wildman–Crippen MR) is 77.4 cm³/mol. The number of hydrogen-bond donors (Lipinski definition) is 0. The van der Waals surface area contributed by atoms with Crippen LogP contribution in [0.4, 0.5) is 0 Å². The van der Waals surface area contributed by atoms with Crippen molar-refractivity contribution in [2.75, 3.05) is 6.54 Å². The van der Waals surface area contributed by atoms with E-state index in [0.717, 1.165) is 13.0 Å². The first-order valence-corrected chi connectivity index (χ1v) is 7.14. The maximum atomic E-state index is 2.36. The third-order valence-electron chi connectivity index (χ3n) is 2.73. The summed E-state index contributed by atoms with van der Waals surface area (Å²) in [6.07, 6.45) is 18.8. The van der Waals surface area contributed by atoms with Gasteiger partial charge in [-0.05, 0) is 30.7 Å². The van der Waals surface area contributed by atoms with Gasteiger partial charge in [-0.3, -0.25) is 0 Å². The molecule has 0 amide bonds. The van der Waals surface area contributed by atoms with Crippen LogP contribution < -0.4 is 0 Å². The Hall–Kier alpha value is -1.15. The van der Waals surface area contributed by atoms with Crippen LogP contribution in [0.25, 0.3) is 0 Å².